The van der Waals surface area contributed by atoms with Crippen LogP contribution in [-0.4, -0.2) is 4.98 Å². The van der Waals surface area contributed by atoms with Crippen molar-refractivity contribution in [3.8, 4) is 0 Å². The third-order valence-electron chi connectivity index (χ3n) is 1.85. The van der Waals surface area contributed by atoms with E-state index in [1.54, 1.807) is 18.5 Å². The van der Waals surface area contributed by atoms with Gasteiger partial charge in [0.25, 0.3) is 0 Å². The molecule has 0 saturated carbocycles. The molecule has 5 heteroatoms. The van der Waals surface area contributed by atoms with E-state index in [1.807, 2.05) is 0 Å². The minimum atomic E-state index is -0.450. The number of rotatable bonds is 2. The first-order chi connectivity index (χ1) is 7.66. The number of nitrogens with zero attached hydrogens (tertiary/aromatic N) is 1. The second-order valence-electron chi connectivity index (χ2n) is 2.98. The molecule has 1 nitrogen and oxygen atoms in total. The molecule has 0 saturated heterocycles. The molecule has 0 unspecified atom stereocenters. The minimum absolute atomic E-state index is 0.256. The third kappa shape index (κ3) is 2.59. The van der Waals surface area contributed by atoms with Gasteiger partial charge in [0.1, 0.15) is 11.6 Å². The van der Waals surface area contributed by atoms with Crippen molar-refractivity contribution in [2.24, 2.45) is 0 Å². The fraction of sp³-hybridized carbons (Fsp3) is 0. The van der Waals surface area contributed by atoms with Crippen LogP contribution in [0.3, 0.4) is 0 Å². The summed E-state index contributed by atoms with van der Waals surface area (Å²) in [5.74, 6) is -0.885. The SMILES string of the molecule is Fc1ccc(F)c(Sc2ccncc2Br)c1. The molecule has 0 aliphatic heterocycles. The number of benzene rings is 1. The van der Waals surface area contributed by atoms with Gasteiger partial charge in [0.05, 0.1) is 4.90 Å². The Hall–Kier alpha value is -0.940. The Kier molecular flexibility index (Phi) is 3.56. The van der Waals surface area contributed by atoms with Gasteiger partial charge in [0.2, 0.25) is 0 Å². The van der Waals surface area contributed by atoms with E-state index in [4.69, 9.17) is 0 Å². The lowest BCUT2D eigenvalue weighted by atomic mass is 10.3. The van der Waals surface area contributed by atoms with Gasteiger partial charge in [0.15, 0.2) is 0 Å². The highest BCUT2D eigenvalue weighted by Gasteiger charge is 2.07. The summed E-state index contributed by atoms with van der Waals surface area (Å²) in [6.07, 6.45) is 3.21. The van der Waals surface area contributed by atoms with Gasteiger partial charge in [-0.15, -0.1) is 0 Å². The van der Waals surface area contributed by atoms with Crippen LogP contribution in [0.25, 0.3) is 0 Å². The summed E-state index contributed by atoms with van der Waals surface area (Å²) in [6.45, 7) is 0. The number of hydrogen-bond acceptors (Lipinski definition) is 2. The van der Waals surface area contributed by atoms with Crippen molar-refractivity contribution in [2.45, 2.75) is 9.79 Å². The van der Waals surface area contributed by atoms with Crippen LogP contribution in [0.4, 0.5) is 8.78 Å². The van der Waals surface area contributed by atoms with E-state index in [1.165, 1.54) is 6.07 Å². The van der Waals surface area contributed by atoms with E-state index in [-0.39, 0.29) is 4.90 Å². The highest BCUT2D eigenvalue weighted by Crippen LogP contribution is 2.34. The maximum Gasteiger partial charge on any atom is 0.137 e. The molecule has 0 N–H and O–H groups in total. The summed E-state index contributed by atoms with van der Waals surface area (Å²) in [5, 5.41) is 0. The zero-order chi connectivity index (χ0) is 11.5. The first-order valence-corrected chi connectivity index (χ1v) is 6.00. The van der Waals surface area contributed by atoms with Gasteiger partial charge < -0.3 is 0 Å². The molecule has 0 fully saturated rings. The first-order valence-electron chi connectivity index (χ1n) is 4.39. The molecule has 16 heavy (non-hydrogen) atoms. The normalized spacial score (nSPS) is 10.4. The second kappa shape index (κ2) is 4.93. The second-order valence-corrected chi connectivity index (χ2v) is 4.92. The van der Waals surface area contributed by atoms with Gasteiger partial charge in [-0.25, -0.2) is 8.78 Å². The van der Waals surface area contributed by atoms with Crippen molar-refractivity contribution in [3.05, 3.63) is 52.8 Å². The van der Waals surface area contributed by atoms with Crippen molar-refractivity contribution < 1.29 is 8.78 Å². The third-order valence-corrected chi connectivity index (χ3v) is 3.85. The molecule has 0 amide bonds. The van der Waals surface area contributed by atoms with Crippen LogP contribution >= 0.6 is 27.7 Å². The number of hydrogen-bond donors (Lipinski definition) is 0. The number of halogens is 3. The van der Waals surface area contributed by atoms with Gasteiger partial charge in [-0.05, 0) is 40.2 Å². The fourth-order valence-corrected chi connectivity index (χ4v) is 2.47. The van der Waals surface area contributed by atoms with E-state index < -0.39 is 11.6 Å². The molecule has 2 aromatic rings. The molecule has 0 radical (unpaired) electrons. The molecule has 0 aliphatic carbocycles. The molecular weight excluding hydrogens is 296 g/mol. The van der Waals surface area contributed by atoms with Crippen molar-refractivity contribution >= 4 is 27.7 Å². The summed E-state index contributed by atoms with van der Waals surface area (Å²) in [7, 11) is 0. The molecule has 0 bridgehead atoms. The Labute approximate surface area is 104 Å². The zero-order valence-electron chi connectivity index (χ0n) is 7.95. The minimum Gasteiger partial charge on any atom is -0.263 e. The number of pyridine rings is 1. The van der Waals surface area contributed by atoms with Crippen molar-refractivity contribution in [2.75, 3.05) is 0 Å². The van der Waals surface area contributed by atoms with Crippen LogP contribution in [0, 0.1) is 11.6 Å². The Bertz CT molecular complexity index is 519. The van der Waals surface area contributed by atoms with Crippen LogP contribution < -0.4 is 0 Å². The fourth-order valence-electron chi connectivity index (χ4n) is 1.12. The van der Waals surface area contributed by atoms with Crippen LogP contribution in [0.15, 0.2) is 50.9 Å². The summed E-state index contributed by atoms with van der Waals surface area (Å²) >= 11 is 4.45. The van der Waals surface area contributed by atoms with Crippen molar-refractivity contribution in [1.82, 2.24) is 4.98 Å². The smallest absolute Gasteiger partial charge is 0.137 e. The molecule has 0 spiro atoms. The Morgan fingerprint density at radius 2 is 1.94 bits per heavy atom. The number of aromatic nitrogens is 1. The quantitative estimate of drug-likeness (QED) is 0.821. The van der Waals surface area contributed by atoms with Crippen molar-refractivity contribution in [1.29, 1.82) is 0 Å². The molecule has 1 aromatic carbocycles. The highest BCUT2D eigenvalue weighted by atomic mass is 79.9. The van der Waals surface area contributed by atoms with Crippen LogP contribution in [0.5, 0.6) is 0 Å². The standard InChI is InChI=1S/C11H6BrF2NS/c12-8-6-15-4-3-10(8)16-11-5-7(13)1-2-9(11)14/h1-6H. The Balaban J connectivity index is 2.34. The molecule has 0 aliphatic rings. The van der Waals surface area contributed by atoms with Gasteiger partial charge in [-0.1, -0.05) is 11.8 Å². The lowest BCUT2D eigenvalue weighted by Gasteiger charge is -2.04. The average molecular weight is 302 g/mol. The highest BCUT2D eigenvalue weighted by molar-refractivity contribution is 9.10. The Morgan fingerprint density at radius 3 is 2.69 bits per heavy atom. The van der Waals surface area contributed by atoms with Gasteiger partial charge in [0, 0.05) is 21.8 Å². The maximum absolute atomic E-state index is 13.4. The molecule has 1 heterocycles. The molecule has 1 aromatic heterocycles. The summed E-state index contributed by atoms with van der Waals surface area (Å²) in [4.78, 5) is 4.95. The van der Waals surface area contributed by atoms with E-state index in [0.717, 1.165) is 33.3 Å². The lowest BCUT2D eigenvalue weighted by Crippen LogP contribution is -1.84. The predicted molar refractivity (Wildman–Crippen MR) is 62.4 cm³/mol. The van der Waals surface area contributed by atoms with Gasteiger partial charge >= 0.3 is 0 Å². The van der Waals surface area contributed by atoms with Crippen LogP contribution in [-0.2, 0) is 0 Å². The van der Waals surface area contributed by atoms with Crippen molar-refractivity contribution in [3.63, 3.8) is 0 Å². The largest absolute Gasteiger partial charge is 0.263 e. The van der Waals surface area contributed by atoms with Gasteiger partial charge in [-0.2, -0.15) is 0 Å². The summed E-state index contributed by atoms with van der Waals surface area (Å²) in [5.41, 5.74) is 0. The van der Waals surface area contributed by atoms with Crippen LogP contribution in [0.2, 0.25) is 0 Å². The predicted octanol–water partition coefficient (Wildman–Crippen LogP) is 4.27. The molecule has 82 valence electrons. The summed E-state index contributed by atoms with van der Waals surface area (Å²) < 4.78 is 27.1. The lowest BCUT2D eigenvalue weighted by molar-refractivity contribution is 0.577. The zero-order valence-corrected chi connectivity index (χ0v) is 10.4. The topological polar surface area (TPSA) is 12.9 Å². The first kappa shape index (κ1) is 11.5. The summed E-state index contributed by atoms with van der Waals surface area (Å²) in [6, 6.07) is 5.12. The van der Waals surface area contributed by atoms with E-state index in [2.05, 4.69) is 20.9 Å². The van der Waals surface area contributed by atoms with Gasteiger partial charge in [-0.3, -0.25) is 4.98 Å². The van der Waals surface area contributed by atoms with E-state index in [0.29, 0.717) is 0 Å². The van der Waals surface area contributed by atoms with Crippen LogP contribution in [0.1, 0.15) is 0 Å². The molecular formula is C11H6BrF2NS. The van der Waals surface area contributed by atoms with E-state index in [9.17, 15) is 8.78 Å². The molecule has 2 rings (SSSR count). The molecule has 0 atom stereocenters. The monoisotopic (exact) mass is 301 g/mol. The van der Waals surface area contributed by atoms with E-state index >= 15 is 0 Å². The maximum atomic E-state index is 13.4. The average Bonchev–Trinajstić information content (AvgIpc) is 2.27. The Morgan fingerprint density at radius 1 is 1.12 bits per heavy atom.